The Morgan fingerprint density at radius 1 is 1.04 bits per heavy atom. The van der Waals surface area contributed by atoms with Crippen LogP contribution in [0.15, 0.2) is 54.6 Å². The van der Waals surface area contributed by atoms with Gasteiger partial charge in [0, 0.05) is 52.3 Å². The first-order valence-corrected chi connectivity index (χ1v) is 11.1. The Morgan fingerprint density at radius 2 is 1.64 bits per heavy atom. The van der Waals surface area contributed by atoms with Crippen molar-refractivity contribution < 1.29 is 32.5 Å². The maximum absolute atomic E-state index is 12.2. The second kappa shape index (κ2) is 11.0. The fourth-order valence-electron chi connectivity index (χ4n) is 2.24. The standard InChI is InChI=1S/C10H11N3.C8H6F3I2N.Pt/c1-13-8-11-10(12-13)7-9-5-3-2-4-6-9;9-8(10,11)7-3-1-6(2-4-7)5-14(12)13;/h2-6H,7H2,1H3,(H,11,12);1-4H,5H2;. The minimum Gasteiger partial charge on any atom is -0.184 e. The summed E-state index contributed by atoms with van der Waals surface area (Å²) in [5, 5.41) is 3.19. The second-order valence-electron chi connectivity index (χ2n) is 5.79. The van der Waals surface area contributed by atoms with Gasteiger partial charge in [-0.1, -0.05) is 12.1 Å². The van der Waals surface area contributed by atoms with E-state index in [9.17, 15) is 13.2 Å². The van der Waals surface area contributed by atoms with Crippen molar-refractivity contribution in [1.82, 2.24) is 16.1 Å². The number of H-pyrrole nitrogens is 1. The molecule has 0 aliphatic heterocycles. The molecule has 0 aliphatic carbocycles. The molecule has 4 nitrogen and oxygen atoms in total. The summed E-state index contributed by atoms with van der Waals surface area (Å²) in [6.07, 6.45) is -3.38. The summed E-state index contributed by atoms with van der Waals surface area (Å²) in [5.41, 5.74) is 1.54. The summed E-state index contributed by atoms with van der Waals surface area (Å²) in [4.78, 5) is 4.40. The van der Waals surface area contributed by atoms with Gasteiger partial charge in [-0.25, -0.2) is 0 Å². The van der Waals surface area contributed by atoms with Gasteiger partial charge in [-0.3, -0.25) is 0 Å². The molecule has 0 unspecified atom stereocenters. The van der Waals surface area contributed by atoms with Gasteiger partial charge in [-0.15, -0.1) is 0 Å². The van der Waals surface area contributed by atoms with E-state index in [0.717, 1.165) is 33.7 Å². The SMILES string of the molecule is Cn1[nH]c(Cc2ccccc2)n[c]1=[Pt].FC(F)(F)c1ccc(CN(I)I)cc1. The van der Waals surface area contributed by atoms with Crippen molar-refractivity contribution in [3.05, 3.63) is 80.9 Å². The third-order valence-corrected chi connectivity index (χ3v) is 5.27. The van der Waals surface area contributed by atoms with E-state index in [0.29, 0.717) is 6.54 Å². The van der Waals surface area contributed by atoms with Gasteiger partial charge in [0.05, 0.1) is 5.56 Å². The quantitative estimate of drug-likeness (QED) is 0.275. The zero-order valence-corrected chi connectivity index (χ0v) is 21.2. The first-order chi connectivity index (χ1) is 13.1. The van der Waals surface area contributed by atoms with Gasteiger partial charge in [0.15, 0.2) is 0 Å². The molecule has 0 amide bonds. The number of rotatable bonds is 4. The summed E-state index contributed by atoms with van der Waals surface area (Å²) >= 11 is 6.33. The number of hydrogen-bond donors (Lipinski definition) is 1. The van der Waals surface area contributed by atoms with Crippen LogP contribution in [0.4, 0.5) is 13.2 Å². The number of aromatic nitrogens is 3. The Morgan fingerprint density at radius 3 is 2.11 bits per heavy atom. The largest absolute Gasteiger partial charge is 0.416 e. The van der Waals surface area contributed by atoms with E-state index in [4.69, 9.17) is 0 Å². The van der Waals surface area contributed by atoms with E-state index in [1.807, 2.05) is 31.3 Å². The van der Waals surface area contributed by atoms with Crippen LogP contribution in [0.3, 0.4) is 0 Å². The molecule has 2 aromatic carbocycles. The summed E-state index contributed by atoms with van der Waals surface area (Å²) in [5.74, 6) is 1.00. The average Bonchev–Trinajstić information content (AvgIpc) is 2.93. The van der Waals surface area contributed by atoms with E-state index in [1.54, 1.807) is 0 Å². The number of hydrogen-bond acceptors (Lipinski definition) is 2. The van der Waals surface area contributed by atoms with Gasteiger partial charge in [0.2, 0.25) is 0 Å². The van der Waals surface area contributed by atoms with Gasteiger partial charge in [0.25, 0.3) is 0 Å². The zero-order chi connectivity index (χ0) is 20.7. The normalized spacial score (nSPS) is 11.3. The molecule has 3 aromatic rings. The van der Waals surface area contributed by atoms with Crippen molar-refractivity contribution in [3.8, 4) is 0 Å². The predicted octanol–water partition coefficient (Wildman–Crippen LogP) is 5.63. The maximum Gasteiger partial charge on any atom is 0.416 e. The molecule has 0 spiro atoms. The Labute approximate surface area is 199 Å². The first-order valence-electron chi connectivity index (χ1n) is 8.01. The van der Waals surface area contributed by atoms with Crippen molar-refractivity contribution in [1.29, 1.82) is 0 Å². The van der Waals surface area contributed by atoms with Crippen LogP contribution in [0.5, 0.6) is 0 Å². The third-order valence-electron chi connectivity index (χ3n) is 3.57. The number of aromatic amines is 1. The molecule has 1 heterocycles. The molecule has 0 saturated carbocycles. The molecular weight excluding hydrogens is 778 g/mol. The van der Waals surface area contributed by atoms with Gasteiger partial charge in [0.1, 0.15) is 0 Å². The molecule has 0 bridgehead atoms. The van der Waals surface area contributed by atoms with Crippen molar-refractivity contribution in [3.63, 3.8) is 0 Å². The molecular formula is C18H17F3I2N4Pt. The Hall–Kier alpha value is -0.522. The van der Waals surface area contributed by atoms with Crippen LogP contribution in [-0.4, -0.2) is 16.1 Å². The van der Waals surface area contributed by atoms with Crippen LogP contribution in [-0.2, 0) is 45.5 Å². The number of benzene rings is 2. The van der Waals surface area contributed by atoms with E-state index < -0.39 is 11.7 Å². The van der Waals surface area contributed by atoms with Crippen LogP contribution in [0.25, 0.3) is 0 Å². The molecule has 3 rings (SSSR count). The average molecular weight is 795 g/mol. The zero-order valence-electron chi connectivity index (χ0n) is 14.7. The molecule has 154 valence electrons. The number of nitrogens with one attached hydrogen (secondary N) is 1. The number of halogens is 5. The van der Waals surface area contributed by atoms with Gasteiger partial charge < -0.3 is 0 Å². The minimum absolute atomic E-state index is 0.602. The van der Waals surface area contributed by atoms with Crippen LogP contribution in [0, 0.1) is 3.80 Å². The smallest absolute Gasteiger partial charge is 0.184 e. The topological polar surface area (TPSA) is 36.9 Å². The first kappa shape index (κ1) is 23.8. The van der Waals surface area contributed by atoms with Crippen LogP contribution in [0.1, 0.15) is 22.5 Å². The molecule has 0 saturated heterocycles. The number of aryl methyl sites for hydroxylation is 1. The summed E-state index contributed by atoms with van der Waals surface area (Å²) in [6.45, 7) is 0.624. The fraction of sp³-hybridized carbons (Fsp3) is 0.222. The van der Waals surface area contributed by atoms with Crippen molar-refractivity contribution in [2.45, 2.75) is 19.1 Å². The van der Waals surface area contributed by atoms with Crippen molar-refractivity contribution in [2.75, 3.05) is 0 Å². The second-order valence-corrected chi connectivity index (χ2v) is 11.0. The number of nitrogens with zero attached hydrogens (tertiary/aromatic N) is 3. The van der Waals surface area contributed by atoms with Gasteiger partial charge in [-0.05, 0) is 17.7 Å². The van der Waals surface area contributed by atoms with E-state index >= 15 is 0 Å². The molecule has 0 radical (unpaired) electrons. The van der Waals surface area contributed by atoms with Crippen molar-refractivity contribution >= 4 is 45.7 Å². The van der Waals surface area contributed by atoms with Crippen LogP contribution >= 0.6 is 45.7 Å². The molecule has 0 atom stereocenters. The summed E-state index contributed by atoms with van der Waals surface area (Å²) in [6, 6.07) is 15.5. The van der Waals surface area contributed by atoms with Crippen molar-refractivity contribution in [2.24, 2.45) is 7.05 Å². The monoisotopic (exact) mass is 795 g/mol. The van der Waals surface area contributed by atoms with Gasteiger partial charge >= 0.3 is 99.3 Å². The Kier molecular flexibility index (Phi) is 9.36. The van der Waals surface area contributed by atoms with E-state index in [-0.39, 0.29) is 0 Å². The molecule has 10 heteroatoms. The summed E-state index contributed by atoms with van der Waals surface area (Å²) in [7, 11) is 1.96. The Balaban J connectivity index is 0.000000200. The molecule has 0 fully saturated rings. The predicted molar refractivity (Wildman–Crippen MR) is 115 cm³/mol. The van der Waals surface area contributed by atoms with Crippen LogP contribution < -0.4 is 0 Å². The summed E-state index contributed by atoms with van der Waals surface area (Å²) < 4.78 is 41.3. The minimum atomic E-state index is -4.24. The molecule has 1 N–H and O–H groups in total. The third kappa shape index (κ3) is 8.08. The Bertz CT molecular complexity index is 922. The van der Waals surface area contributed by atoms with Crippen LogP contribution in [0.2, 0.25) is 0 Å². The molecule has 0 aliphatic rings. The number of alkyl halides is 3. The molecule has 28 heavy (non-hydrogen) atoms. The molecule has 1 aromatic heterocycles. The maximum atomic E-state index is 12.2. The van der Waals surface area contributed by atoms with E-state index in [1.165, 1.54) is 17.7 Å². The van der Waals surface area contributed by atoms with Gasteiger partial charge in [-0.2, -0.15) is 14.5 Å². The van der Waals surface area contributed by atoms with E-state index in [2.05, 4.69) is 87.3 Å². The fourth-order valence-corrected chi connectivity index (χ4v) is 3.47.